The number of nitrogens with zero attached hydrogens (tertiary/aromatic N) is 3. The number of fused-ring (bicyclic) bond motifs is 2. The summed E-state index contributed by atoms with van der Waals surface area (Å²) in [6.07, 6.45) is 0.385. The van der Waals surface area contributed by atoms with E-state index in [0.29, 0.717) is 19.5 Å². The fourth-order valence-electron chi connectivity index (χ4n) is 4.92. The molecule has 5 heteroatoms. The largest absolute Gasteiger partial charge is 0.323 e. The third-order valence-electron chi connectivity index (χ3n) is 6.52. The van der Waals surface area contributed by atoms with Gasteiger partial charge in [-0.15, -0.1) is 0 Å². The lowest BCUT2D eigenvalue weighted by atomic mass is 10.0. The lowest BCUT2D eigenvalue weighted by Crippen LogP contribution is -2.24. The Labute approximate surface area is 190 Å². The number of aromatic nitrogens is 2. The number of amides is 1. The maximum absolute atomic E-state index is 13.4. The molecule has 6 rings (SSSR count). The van der Waals surface area contributed by atoms with Crippen molar-refractivity contribution < 1.29 is 9.18 Å². The van der Waals surface area contributed by atoms with E-state index in [4.69, 9.17) is 4.98 Å². The van der Waals surface area contributed by atoms with Crippen LogP contribution in [0.1, 0.15) is 23.7 Å². The van der Waals surface area contributed by atoms with Crippen LogP contribution in [0.25, 0.3) is 21.8 Å². The van der Waals surface area contributed by atoms with Crippen molar-refractivity contribution in [1.29, 1.82) is 0 Å². The second-order valence-corrected chi connectivity index (χ2v) is 8.56. The number of carbonyl (C=O) groups excluding carboxylic acids is 1. The Bertz CT molecular complexity index is 1480. The van der Waals surface area contributed by atoms with Crippen molar-refractivity contribution in [3.05, 3.63) is 108 Å². The molecule has 162 valence electrons. The van der Waals surface area contributed by atoms with E-state index in [1.165, 1.54) is 28.5 Å². The molecule has 1 aromatic heterocycles. The highest BCUT2D eigenvalue weighted by atomic mass is 19.1. The molecule has 1 amide bonds. The molecule has 33 heavy (non-hydrogen) atoms. The highest BCUT2D eigenvalue weighted by Crippen LogP contribution is 2.34. The summed E-state index contributed by atoms with van der Waals surface area (Å²) in [5.41, 5.74) is 3.94. The third-order valence-corrected chi connectivity index (χ3v) is 6.52. The summed E-state index contributed by atoms with van der Waals surface area (Å²) in [5.74, 6) is 0.612. The van der Waals surface area contributed by atoms with Crippen molar-refractivity contribution in [2.24, 2.45) is 0 Å². The van der Waals surface area contributed by atoms with Gasteiger partial charge in [-0.05, 0) is 52.7 Å². The lowest BCUT2D eigenvalue weighted by molar-refractivity contribution is -0.117. The summed E-state index contributed by atoms with van der Waals surface area (Å²) in [7, 11) is 0. The molecule has 0 saturated carbocycles. The molecule has 5 aromatic rings. The van der Waals surface area contributed by atoms with E-state index >= 15 is 0 Å². The molecule has 2 heterocycles. The van der Waals surface area contributed by atoms with Gasteiger partial charge in [0.2, 0.25) is 5.91 Å². The molecule has 1 aliphatic heterocycles. The molecular formula is C28H22FN3O. The van der Waals surface area contributed by atoms with Crippen LogP contribution in [0.15, 0.2) is 91.0 Å². The van der Waals surface area contributed by atoms with Crippen LogP contribution in [0.4, 0.5) is 10.1 Å². The monoisotopic (exact) mass is 435 g/mol. The van der Waals surface area contributed by atoms with E-state index in [-0.39, 0.29) is 17.6 Å². The second kappa shape index (κ2) is 7.85. The lowest BCUT2D eigenvalue weighted by Gasteiger charge is -2.18. The predicted octanol–water partition coefficient (Wildman–Crippen LogP) is 5.90. The zero-order valence-electron chi connectivity index (χ0n) is 18.0. The van der Waals surface area contributed by atoms with Crippen LogP contribution in [0.3, 0.4) is 0 Å². The van der Waals surface area contributed by atoms with Gasteiger partial charge < -0.3 is 9.47 Å². The van der Waals surface area contributed by atoms with Gasteiger partial charge >= 0.3 is 0 Å². The number of carbonyl (C=O) groups is 1. The topological polar surface area (TPSA) is 38.1 Å². The number of para-hydroxylation sites is 2. The number of hydrogen-bond acceptors (Lipinski definition) is 2. The van der Waals surface area contributed by atoms with Gasteiger partial charge in [0, 0.05) is 31.1 Å². The predicted molar refractivity (Wildman–Crippen MR) is 129 cm³/mol. The molecule has 1 unspecified atom stereocenters. The quantitative estimate of drug-likeness (QED) is 0.353. The molecular weight excluding hydrogens is 413 g/mol. The second-order valence-electron chi connectivity index (χ2n) is 8.56. The fourth-order valence-corrected chi connectivity index (χ4v) is 4.92. The van der Waals surface area contributed by atoms with Crippen LogP contribution in [0.2, 0.25) is 0 Å². The molecule has 0 radical (unpaired) electrons. The molecule has 1 fully saturated rings. The molecule has 0 aliphatic carbocycles. The van der Waals surface area contributed by atoms with Gasteiger partial charge in [-0.25, -0.2) is 9.37 Å². The average Bonchev–Trinajstić information content (AvgIpc) is 3.40. The Kier molecular flexibility index (Phi) is 4.68. The van der Waals surface area contributed by atoms with Gasteiger partial charge in [0.05, 0.1) is 11.0 Å². The third kappa shape index (κ3) is 3.46. The van der Waals surface area contributed by atoms with Crippen molar-refractivity contribution in [3.8, 4) is 0 Å². The van der Waals surface area contributed by atoms with Crippen LogP contribution >= 0.6 is 0 Å². The van der Waals surface area contributed by atoms with Crippen molar-refractivity contribution in [2.75, 3.05) is 11.4 Å². The van der Waals surface area contributed by atoms with Crippen molar-refractivity contribution in [1.82, 2.24) is 9.55 Å². The number of hydrogen-bond donors (Lipinski definition) is 0. The summed E-state index contributed by atoms with van der Waals surface area (Å²) in [6, 6.07) is 29.0. The molecule has 1 aliphatic rings. The normalized spacial score (nSPS) is 16.2. The molecule has 0 spiro atoms. The maximum Gasteiger partial charge on any atom is 0.227 e. The van der Waals surface area contributed by atoms with Crippen LogP contribution < -0.4 is 4.90 Å². The van der Waals surface area contributed by atoms with E-state index in [0.717, 1.165) is 22.5 Å². The highest BCUT2D eigenvalue weighted by molar-refractivity contribution is 5.96. The molecule has 0 bridgehead atoms. The van der Waals surface area contributed by atoms with Gasteiger partial charge in [0.25, 0.3) is 0 Å². The minimum atomic E-state index is -0.307. The zero-order valence-corrected chi connectivity index (χ0v) is 18.0. The first kappa shape index (κ1) is 19.7. The van der Waals surface area contributed by atoms with Gasteiger partial charge in [-0.3, -0.25) is 4.79 Å². The number of rotatable bonds is 4. The SMILES string of the molecule is O=C1CC(c2nc3ccccc3n2Cc2cccc3ccccc23)CN1c1ccc(F)cc1. The Hall–Kier alpha value is -3.99. The fraction of sp³-hybridized carbons (Fsp3) is 0.143. The molecule has 4 nitrogen and oxygen atoms in total. The van der Waals surface area contributed by atoms with Crippen molar-refractivity contribution in [2.45, 2.75) is 18.9 Å². The summed E-state index contributed by atoms with van der Waals surface area (Å²) < 4.78 is 15.6. The van der Waals surface area contributed by atoms with Crippen LogP contribution in [-0.4, -0.2) is 22.0 Å². The first-order valence-electron chi connectivity index (χ1n) is 11.1. The maximum atomic E-state index is 13.4. The van der Waals surface area contributed by atoms with Crippen molar-refractivity contribution in [3.63, 3.8) is 0 Å². The summed E-state index contributed by atoms with van der Waals surface area (Å²) in [6.45, 7) is 1.21. The minimum Gasteiger partial charge on any atom is -0.323 e. The first-order chi connectivity index (χ1) is 16.2. The van der Waals surface area contributed by atoms with Crippen LogP contribution in [0, 0.1) is 5.82 Å². The van der Waals surface area contributed by atoms with E-state index in [1.807, 2.05) is 18.2 Å². The average molecular weight is 436 g/mol. The summed E-state index contributed by atoms with van der Waals surface area (Å²) in [4.78, 5) is 19.6. The number of halogens is 1. The number of benzene rings is 4. The smallest absolute Gasteiger partial charge is 0.227 e. The van der Waals surface area contributed by atoms with Crippen molar-refractivity contribution >= 4 is 33.4 Å². The zero-order chi connectivity index (χ0) is 22.4. The van der Waals surface area contributed by atoms with E-state index in [2.05, 4.69) is 53.1 Å². The molecule has 1 atom stereocenters. The van der Waals surface area contributed by atoms with E-state index in [9.17, 15) is 9.18 Å². The first-order valence-corrected chi connectivity index (χ1v) is 11.1. The van der Waals surface area contributed by atoms with Gasteiger partial charge in [0.15, 0.2) is 0 Å². The Morgan fingerprint density at radius 3 is 2.52 bits per heavy atom. The Morgan fingerprint density at radius 1 is 0.879 bits per heavy atom. The Balaban J connectivity index is 1.42. The van der Waals surface area contributed by atoms with Gasteiger partial charge in [0.1, 0.15) is 11.6 Å². The molecule has 0 N–H and O–H groups in total. The van der Waals surface area contributed by atoms with Gasteiger partial charge in [-0.1, -0.05) is 54.6 Å². The molecule has 4 aromatic carbocycles. The summed E-state index contributed by atoms with van der Waals surface area (Å²) >= 11 is 0. The molecule has 1 saturated heterocycles. The Morgan fingerprint density at radius 2 is 1.64 bits per heavy atom. The minimum absolute atomic E-state index is 0.0371. The van der Waals surface area contributed by atoms with Crippen LogP contribution in [0.5, 0.6) is 0 Å². The standard InChI is InChI=1S/C28H22FN3O/c29-22-12-14-23(15-13-22)31-18-21(16-27(31)33)28-30-25-10-3-4-11-26(25)32(28)17-20-8-5-7-19-6-1-2-9-24(19)20/h1-15,21H,16-18H2. The van der Waals surface area contributed by atoms with E-state index in [1.54, 1.807) is 17.0 Å². The number of anilines is 1. The highest BCUT2D eigenvalue weighted by Gasteiger charge is 2.35. The van der Waals surface area contributed by atoms with Gasteiger partial charge in [-0.2, -0.15) is 0 Å². The van der Waals surface area contributed by atoms with Crippen LogP contribution in [-0.2, 0) is 11.3 Å². The number of imidazole rings is 1. The van der Waals surface area contributed by atoms with E-state index < -0.39 is 0 Å². The summed E-state index contributed by atoms with van der Waals surface area (Å²) in [5, 5.41) is 2.43.